The molecule has 5 nitrogen and oxygen atoms in total. The molecule has 0 aliphatic carbocycles. The first-order valence-electron chi connectivity index (χ1n) is 16.2. The second kappa shape index (κ2) is 28.2. The molecule has 234 valence electrons. The highest BCUT2D eigenvalue weighted by molar-refractivity contribution is 5.89. The SMILES string of the molecule is CCCCCCCCCCCCCCCCCCC[N+](C)(C)CCOCCOCCOC(=O)c1ccccc1.[Br-]. The average molecular weight is 629 g/mol. The molecule has 1 aromatic carbocycles. The number of nitrogens with zero attached hydrogens (tertiary/aromatic N) is 1. The van der Waals surface area contributed by atoms with Crippen LogP contribution in [-0.4, -0.2) is 70.7 Å². The summed E-state index contributed by atoms with van der Waals surface area (Å²) in [5, 5.41) is 0. The monoisotopic (exact) mass is 627 g/mol. The normalized spacial score (nSPS) is 11.4. The van der Waals surface area contributed by atoms with Crippen molar-refractivity contribution in [1.82, 2.24) is 0 Å². The maximum atomic E-state index is 11.8. The summed E-state index contributed by atoms with van der Waals surface area (Å²) >= 11 is 0. The lowest BCUT2D eigenvalue weighted by Crippen LogP contribution is -3.00. The highest BCUT2D eigenvalue weighted by atomic mass is 79.9. The van der Waals surface area contributed by atoms with Crippen molar-refractivity contribution in [3.8, 4) is 0 Å². The van der Waals surface area contributed by atoms with Crippen molar-refractivity contribution < 1.29 is 40.5 Å². The van der Waals surface area contributed by atoms with Crippen LogP contribution in [0, 0.1) is 0 Å². The number of benzene rings is 1. The fraction of sp³-hybridized carbons (Fsp3) is 0.794. The molecule has 40 heavy (non-hydrogen) atoms. The van der Waals surface area contributed by atoms with E-state index in [1.54, 1.807) is 12.1 Å². The van der Waals surface area contributed by atoms with Crippen LogP contribution in [-0.2, 0) is 14.2 Å². The summed E-state index contributed by atoms with van der Waals surface area (Å²) in [7, 11) is 4.60. The quantitative estimate of drug-likeness (QED) is 0.0688. The number of likely N-dealkylation sites (N-methyl/N-ethyl adjacent to an activating group) is 1. The topological polar surface area (TPSA) is 44.8 Å². The van der Waals surface area contributed by atoms with E-state index in [-0.39, 0.29) is 29.6 Å². The zero-order chi connectivity index (χ0) is 28.3. The Bertz CT molecular complexity index is 671. The molecule has 0 aliphatic heterocycles. The molecule has 0 saturated carbocycles. The van der Waals surface area contributed by atoms with Crippen LogP contribution in [0.25, 0.3) is 0 Å². The molecule has 1 aromatic rings. The molecule has 1 rings (SSSR count). The van der Waals surface area contributed by atoms with Gasteiger partial charge in [0.15, 0.2) is 0 Å². The Balaban J connectivity index is 0.0000152. The number of carbonyl (C=O) groups excluding carboxylic acids is 1. The van der Waals surface area contributed by atoms with Crippen LogP contribution in [0.15, 0.2) is 30.3 Å². The smallest absolute Gasteiger partial charge is 0.338 e. The first kappa shape index (κ1) is 39.0. The third-order valence-corrected chi connectivity index (χ3v) is 7.55. The molecule has 0 amide bonds. The number of unbranched alkanes of at least 4 members (excludes halogenated alkanes) is 16. The maximum Gasteiger partial charge on any atom is 0.338 e. The van der Waals surface area contributed by atoms with Gasteiger partial charge in [-0.05, 0) is 25.0 Å². The molecule has 0 fully saturated rings. The summed E-state index contributed by atoms with van der Waals surface area (Å²) < 4.78 is 17.5. The predicted molar refractivity (Wildman–Crippen MR) is 164 cm³/mol. The minimum atomic E-state index is -0.310. The van der Waals surface area contributed by atoms with E-state index < -0.39 is 0 Å². The number of hydrogen-bond donors (Lipinski definition) is 0. The molecular formula is C34H62BrNO4. The van der Waals surface area contributed by atoms with Gasteiger partial charge in [0.25, 0.3) is 0 Å². The molecule has 0 bridgehead atoms. The zero-order valence-corrected chi connectivity index (χ0v) is 27.9. The Morgan fingerprint density at radius 3 is 1.50 bits per heavy atom. The molecule has 0 saturated heterocycles. The van der Waals surface area contributed by atoms with Crippen molar-refractivity contribution in [3.05, 3.63) is 35.9 Å². The fourth-order valence-electron chi connectivity index (χ4n) is 4.86. The fourth-order valence-corrected chi connectivity index (χ4v) is 4.86. The Kier molecular flexibility index (Phi) is 27.5. The number of esters is 1. The van der Waals surface area contributed by atoms with Crippen LogP contribution in [0.1, 0.15) is 126 Å². The van der Waals surface area contributed by atoms with Crippen molar-refractivity contribution in [2.45, 2.75) is 116 Å². The van der Waals surface area contributed by atoms with E-state index in [1.165, 1.54) is 116 Å². The van der Waals surface area contributed by atoms with E-state index in [1.807, 2.05) is 18.2 Å². The number of carbonyl (C=O) groups is 1. The van der Waals surface area contributed by atoms with Crippen molar-refractivity contribution in [3.63, 3.8) is 0 Å². The Hall–Kier alpha value is -0.950. The molecule has 0 heterocycles. The van der Waals surface area contributed by atoms with Crippen molar-refractivity contribution >= 4 is 5.97 Å². The number of ether oxygens (including phenoxy) is 3. The maximum absolute atomic E-state index is 11.8. The number of rotatable bonds is 28. The summed E-state index contributed by atoms with van der Waals surface area (Å²) in [6.45, 7) is 7.03. The molecule has 0 N–H and O–H groups in total. The van der Waals surface area contributed by atoms with Gasteiger partial charge in [-0.1, -0.05) is 121 Å². The summed E-state index contributed by atoms with van der Waals surface area (Å²) in [5.74, 6) is -0.310. The molecule has 0 atom stereocenters. The van der Waals surface area contributed by atoms with Gasteiger partial charge in [-0.2, -0.15) is 0 Å². The van der Waals surface area contributed by atoms with Gasteiger partial charge >= 0.3 is 5.97 Å². The van der Waals surface area contributed by atoms with Crippen LogP contribution in [0.2, 0.25) is 0 Å². The highest BCUT2D eigenvalue weighted by Crippen LogP contribution is 2.14. The number of hydrogen-bond acceptors (Lipinski definition) is 4. The van der Waals surface area contributed by atoms with E-state index in [4.69, 9.17) is 14.2 Å². The minimum Gasteiger partial charge on any atom is -1.00 e. The van der Waals surface area contributed by atoms with E-state index in [0.29, 0.717) is 25.4 Å². The highest BCUT2D eigenvalue weighted by Gasteiger charge is 2.14. The summed E-state index contributed by atoms with van der Waals surface area (Å²) in [6.07, 6.45) is 24.1. The lowest BCUT2D eigenvalue weighted by atomic mass is 10.0. The standard InChI is InChI=1S/C34H62NO4.BrH/c1-4-5-6-7-8-9-10-11-12-13-14-15-16-17-18-19-23-26-35(2,3)27-28-37-29-30-38-31-32-39-34(36)33-24-21-20-22-25-33;/h20-22,24-25H,4-19,23,26-32H2,1-3H3;1H/q+1;/p-1. The molecule has 0 unspecified atom stereocenters. The summed E-state index contributed by atoms with van der Waals surface area (Å²) in [4.78, 5) is 11.8. The summed E-state index contributed by atoms with van der Waals surface area (Å²) in [5.41, 5.74) is 0.566. The van der Waals surface area contributed by atoms with Gasteiger partial charge in [0.05, 0.1) is 52.6 Å². The first-order chi connectivity index (χ1) is 19.0. The van der Waals surface area contributed by atoms with Gasteiger partial charge in [0.2, 0.25) is 0 Å². The minimum absolute atomic E-state index is 0. The number of halogens is 1. The lowest BCUT2D eigenvalue weighted by molar-refractivity contribution is -0.891. The van der Waals surface area contributed by atoms with Gasteiger partial charge in [-0.3, -0.25) is 0 Å². The second-order valence-corrected chi connectivity index (χ2v) is 11.8. The van der Waals surface area contributed by atoms with Crippen molar-refractivity contribution in [2.75, 3.05) is 60.2 Å². The van der Waals surface area contributed by atoms with E-state index in [0.717, 1.165) is 17.6 Å². The molecule has 0 radical (unpaired) electrons. The van der Waals surface area contributed by atoms with Gasteiger partial charge in [0, 0.05) is 0 Å². The van der Waals surface area contributed by atoms with Crippen LogP contribution >= 0.6 is 0 Å². The van der Waals surface area contributed by atoms with Crippen LogP contribution in [0.5, 0.6) is 0 Å². The molecule has 0 aliphatic rings. The van der Waals surface area contributed by atoms with Crippen molar-refractivity contribution in [2.24, 2.45) is 0 Å². The Morgan fingerprint density at radius 1 is 0.575 bits per heavy atom. The van der Waals surface area contributed by atoms with Gasteiger partial charge in [-0.25, -0.2) is 4.79 Å². The molecular weight excluding hydrogens is 566 g/mol. The van der Waals surface area contributed by atoms with E-state index in [2.05, 4.69) is 21.0 Å². The van der Waals surface area contributed by atoms with Gasteiger partial charge in [0.1, 0.15) is 13.2 Å². The Morgan fingerprint density at radius 2 is 1.00 bits per heavy atom. The zero-order valence-electron chi connectivity index (χ0n) is 26.3. The average Bonchev–Trinajstić information content (AvgIpc) is 2.94. The van der Waals surface area contributed by atoms with Crippen LogP contribution < -0.4 is 17.0 Å². The first-order valence-corrected chi connectivity index (χ1v) is 16.2. The number of quaternary nitrogens is 1. The van der Waals surface area contributed by atoms with Crippen molar-refractivity contribution in [1.29, 1.82) is 0 Å². The molecule has 0 aromatic heterocycles. The van der Waals surface area contributed by atoms with E-state index in [9.17, 15) is 4.79 Å². The predicted octanol–water partition coefficient (Wildman–Crippen LogP) is 5.61. The van der Waals surface area contributed by atoms with E-state index >= 15 is 0 Å². The van der Waals surface area contributed by atoms with Gasteiger partial charge < -0.3 is 35.7 Å². The molecule has 6 heteroatoms. The van der Waals surface area contributed by atoms with Crippen LogP contribution in [0.4, 0.5) is 0 Å². The largest absolute Gasteiger partial charge is 1.00 e. The molecule has 0 spiro atoms. The third kappa shape index (κ3) is 24.8. The van der Waals surface area contributed by atoms with Crippen LogP contribution in [0.3, 0.4) is 0 Å². The van der Waals surface area contributed by atoms with Gasteiger partial charge in [-0.15, -0.1) is 0 Å². The third-order valence-electron chi connectivity index (χ3n) is 7.55. The lowest BCUT2D eigenvalue weighted by Gasteiger charge is -2.29. The Labute approximate surface area is 258 Å². The second-order valence-electron chi connectivity index (χ2n) is 11.8. The summed E-state index contributed by atoms with van der Waals surface area (Å²) in [6, 6.07) is 9.02.